The third kappa shape index (κ3) is 5.12. The van der Waals surface area contributed by atoms with E-state index in [4.69, 9.17) is 0 Å². The van der Waals surface area contributed by atoms with E-state index < -0.39 is 0 Å². The second-order valence-electron chi connectivity index (χ2n) is 9.54. The summed E-state index contributed by atoms with van der Waals surface area (Å²) in [5, 5.41) is 39.3. The van der Waals surface area contributed by atoms with E-state index in [9.17, 15) is 21.0 Å². The van der Waals surface area contributed by atoms with Gasteiger partial charge in [-0.25, -0.2) is 0 Å². The monoisotopic (exact) mass is 518 g/mol. The van der Waals surface area contributed by atoms with Crippen LogP contribution in [0.3, 0.4) is 0 Å². The first-order valence-corrected chi connectivity index (χ1v) is 12.5. The van der Waals surface area contributed by atoms with Gasteiger partial charge in [0.2, 0.25) is 0 Å². The number of nitriles is 4. The van der Waals surface area contributed by atoms with Crippen molar-refractivity contribution in [3.8, 4) is 24.3 Å². The summed E-state index contributed by atoms with van der Waals surface area (Å²) in [4.78, 5) is 4.06. The van der Waals surface area contributed by atoms with Gasteiger partial charge in [0, 0.05) is 50.7 Å². The molecular weight excluding hydrogens is 492 g/mol. The van der Waals surface area contributed by atoms with Gasteiger partial charge in [-0.1, -0.05) is 60.7 Å². The Morgan fingerprint density at radius 3 is 1.27 bits per heavy atom. The van der Waals surface area contributed by atoms with Crippen LogP contribution >= 0.6 is 0 Å². The Balaban J connectivity index is 2.03. The average molecular weight is 519 g/mol. The molecular formula is C34H26N6. The van der Waals surface area contributed by atoms with Gasteiger partial charge in [0.25, 0.3) is 0 Å². The molecule has 0 aromatic heterocycles. The van der Waals surface area contributed by atoms with E-state index in [1.165, 1.54) is 0 Å². The number of allylic oxidation sites excluding steroid dienone is 7. The molecule has 1 aliphatic carbocycles. The number of nitrogens with zero attached hydrogens (tertiary/aromatic N) is 6. The molecule has 0 saturated heterocycles. The van der Waals surface area contributed by atoms with Crippen molar-refractivity contribution in [2.45, 2.75) is 0 Å². The van der Waals surface area contributed by atoms with Crippen LogP contribution in [-0.2, 0) is 0 Å². The lowest BCUT2D eigenvalue weighted by Crippen LogP contribution is -2.08. The lowest BCUT2D eigenvalue weighted by molar-refractivity contribution is 1.13. The van der Waals surface area contributed by atoms with Crippen LogP contribution in [-0.4, -0.2) is 28.2 Å². The summed E-state index contributed by atoms with van der Waals surface area (Å²) in [7, 11) is 7.94. The van der Waals surface area contributed by atoms with Crippen LogP contribution in [0.5, 0.6) is 0 Å². The third-order valence-electron chi connectivity index (χ3n) is 6.76. The Hall–Kier alpha value is -5.82. The topological polar surface area (TPSA) is 102 Å². The van der Waals surface area contributed by atoms with Crippen LogP contribution in [0.4, 0.5) is 11.4 Å². The maximum absolute atomic E-state index is 9.82. The van der Waals surface area contributed by atoms with Crippen molar-refractivity contribution in [2.75, 3.05) is 38.0 Å². The zero-order chi connectivity index (χ0) is 28.8. The summed E-state index contributed by atoms with van der Waals surface area (Å²) in [5.41, 5.74) is 7.41. The highest BCUT2D eigenvalue weighted by molar-refractivity contribution is 6.12. The van der Waals surface area contributed by atoms with Gasteiger partial charge in [-0.05, 0) is 57.7 Å². The van der Waals surface area contributed by atoms with Crippen molar-refractivity contribution >= 4 is 28.1 Å². The van der Waals surface area contributed by atoms with Crippen LogP contribution in [0.2, 0.25) is 0 Å². The molecule has 0 atom stereocenters. The van der Waals surface area contributed by atoms with E-state index in [0.29, 0.717) is 27.8 Å². The third-order valence-corrected chi connectivity index (χ3v) is 6.76. The minimum atomic E-state index is -0.0791. The summed E-state index contributed by atoms with van der Waals surface area (Å²) in [6, 6.07) is 31.6. The molecule has 4 rings (SSSR count). The van der Waals surface area contributed by atoms with Gasteiger partial charge in [-0.3, -0.25) is 0 Å². The molecule has 0 spiro atoms. The Morgan fingerprint density at radius 1 is 0.575 bits per heavy atom. The van der Waals surface area contributed by atoms with Crippen molar-refractivity contribution in [1.82, 2.24) is 0 Å². The summed E-state index contributed by atoms with van der Waals surface area (Å²) < 4.78 is 0. The van der Waals surface area contributed by atoms with Crippen molar-refractivity contribution in [1.29, 1.82) is 21.0 Å². The Labute approximate surface area is 235 Å². The summed E-state index contributed by atoms with van der Waals surface area (Å²) in [6.45, 7) is 0. The van der Waals surface area contributed by atoms with Crippen LogP contribution in [0, 0.1) is 45.3 Å². The predicted octanol–water partition coefficient (Wildman–Crippen LogP) is 6.49. The molecule has 3 aromatic rings. The molecule has 0 aliphatic heterocycles. The molecule has 192 valence electrons. The molecule has 0 bridgehead atoms. The SMILES string of the molecule is CN(C)c1ccc(C(=CC=C2C(=C(C#N)C#N)c3ccccc3C2=C(C#N)C#N)c2ccc(N(C)C)cc2)cc1. The number of hydrogen-bond donors (Lipinski definition) is 0. The van der Waals surface area contributed by atoms with Gasteiger partial charge < -0.3 is 9.80 Å². The molecule has 0 amide bonds. The molecule has 1 aliphatic rings. The van der Waals surface area contributed by atoms with Crippen LogP contribution in [0.25, 0.3) is 16.7 Å². The quantitative estimate of drug-likeness (QED) is 0.358. The Kier molecular flexibility index (Phi) is 7.97. The minimum absolute atomic E-state index is 0.0791. The van der Waals surface area contributed by atoms with Crippen molar-refractivity contribution in [2.24, 2.45) is 0 Å². The zero-order valence-electron chi connectivity index (χ0n) is 22.8. The Morgan fingerprint density at radius 2 is 0.950 bits per heavy atom. The smallest absolute Gasteiger partial charge is 0.138 e. The van der Waals surface area contributed by atoms with E-state index in [0.717, 1.165) is 28.1 Å². The van der Waals surface area contributed by atoms with Crippen molar-refractivity contribution < 1.29 is 0 Å². The first-order chi connectivity index (χ1) is 19.3. The summed E-state index contributed by atoms with van der Waals surface area (Å²) in [6.07, 6.45) is 3.73. The summed E-state index contributed by atoms with van der Waals surface area (Å²) >= 11 is 0. The second kappa shape index (κ2) is 11.7. The van der Waals surface area contributed by atoms with Crippen LogP contribution in [0.15, 0.2) is 102 Å². The van der Waals surface area contributed by atoms with Crippen molar-refractivity contribution in [3.05, 3.63) is 124 Å². The molecule has 3 aromatic carbocycles. The molecule has 40 heavy (non-hydrogen) atoms. The fourth-order valence-electron chi connectivity index (χ4n) is 4.72. The normalized spacial score (nSPS) is 11.2. The van der Waals surface area contributed by atoms with E-state index in [1.807, 2.05) is 135 Å². The summed E-state index contributed by atoms with van der Waals surface area (Å²) in [5.74, 6) is 0. The highest BCUT2D eigenvalue weighted by Gasteiger charge is 2.31. The molecule has 0 fully saturated rings. The average Bonchev–Trinajstić information content (AvgIpc) is 3.29. The molecule has 0 unspecified atom stereocenters. The number of anilines is 2. The fourth-order valence-corrected chi connectivity index (χ4v) is 4.72. The van der Waals surface area contributed by atoms with Crippen LogP contribution < -0.4 is 9.80 Å². The Bertz CT molecular complexity index is 1600. The van der Waals surface area contributed by atoms with Crippen LogP contribution in [0.1, 0.15) is 22.3 Å². The predicted molar refractivity (Wildman–Crippen MR) is 159 cm³/mol. The molecule has 6 heteroatoms. The standard InChI is InChI=1S/C34H26N6/c1-39(2)27-13-9-23(10-14-27)29(24-11-15-28(16-12-24)40(3)4)17-18-32-33(25(19-35)20-36)30-7-5-6-8-31(30)34(32)26(21-37)22-38/h5-18H,1-4H3. The molecule has 6 nitrogen and oxygen atoms in total. The number of hydrogen-bond acceptors (Lipinski definition) is 6. The van der Waals surface area contributed by atoms with E-state index >= 15 is 0 Å². The van der Waals surface area contributed by atoms with Gasteiger partial charge in [0.05, 0.1) is 0 Å². The maximum Gasteiger partial charge on any atom is 0.138 e. The second-order valence-corrected chi connectivity index (χ2v) is 9.54. The van der Waals surface area contributed by atoms with Gasteiger partial charge in [0.15, 0.2) is 0 Å². The highest BCUT2D eigenvalue weighted by atomic mass is 15.1. The van der Waals surface area contributed by atoms with Gasteiger partial charge >= 0.3 is 0 Å². The minimum Gasteiger partial charge on any atom is -0.378 e. The molecule has 0 N–H and O–H groups in total. The van der Waals surface area contributed by atoms with E-state index in [-0.39, 0.29) is 11.1 Å². The molecule has 0 saturated carbocycles. The first-order valence-electron chi connectivity index (χ1n) is 12.5. The largest absolute Gasteiger partial charge is 0.378 e. The lowest BCUT2D eigenvalue weighted by Gasteiger charge is -2.16. The maximum atomic E-state index is 9.82. The molecule has 0 heterocycles. The highest BCUT2D eigenvalue weighted by Crippen LogP contribution is 2.48. The number of benzene rings is 3. The van der Waals surface area contributed by atoms with Gasteiger partial charge in [-0.2, -0.15) is 21.0 Å². The van der Waals surface area contributed by atoms with E-state index in [1.54, 1.807) is 12.1 Å². The number of rotatable bonds is 5. The fraction of sp³-hybridized carbons (Fsp3) is 0.118. The van der Waals surface area contributed by atoms with E-state index in [2.05, 4.69) is 0 Å². The zero-order valence-corrected chi connectivity index (χ0v) is 22.8. The number of fused-ring (bicyclic) bond motifs is 1. The van der Waals surface area contributed by atoms with Gasteiger partial charge in [-0.15, -0.1) is 0 Å². The van der Waals surface area contributed by atoms with Gasteiger partial charge in [0.1, 0.15) is 35.4 Å². The van der Waals surface area contributed by atoms with Crippen molar-refractivity contribution in [3.63, 3.8) is 0 Å². The first kappa shape index (κ1) is 27.2. The molecule has 0 radical (unpaired) electrons. The lowest BCUT2D eigenvalue weighted by atomic mass is 9.93.